The summed E-state index contributed by atoms with van der Waals surface area (Å²) in [6.45, 7) is 4.57. The Hall–Kier alpha value is -3.64. The minimum atomic E-state index is -0.271. The summed E-state index contributed by atoms with van der Waals surface area (Å²) < 4.78 is 26.9. The lowest BCUT2D eigenvalue weighted by Gasteiger charge is -2.16. The van der Waals surface area contributed by atoms with Crippen molar-refractivity contribution >= 4 is 0 Å². The molecule has 3 aromatic carbocycles. The normalized spacial score (nSPS) is 11.0. The largest absolute Gasteiger partial charge is 0.492 e. The Bertz CT molecular complexity index is 1160. The topological polar surface area (TPSA) is 39.5 Å². The predicted octanol–water partition coefficient (Wildman–Crippen LogP) is 5.41. The lowest BCUT2D eigenvalue weighted by atomic mass is 10.2. The van der Waals surface area contributed by atoms with E-state index < -0.39 is 0 Å². The summed E-state index contributed by atoms with van der Waals surface area (Å²) in [5, 5.41) is 4.53. The summed E-state index contributed by atoms with van der Waals surface area (Å²) in [6, 6.07) is 24.2. The molecule has 0 aliphatic rings. The van der Waals surface area contributed by atoms with Gasteiger partial charge in [0.1, 0.15) is 30.5 Å². The predicted molar refractivity (Wildman–Crippen MR) is 127 cm³/mol. The zero-order valence-corrected chi connectivity index (χ0v) is 18.9. The van der Waals surface area contributed by atoms with Gasteiger partial charge in [-0.25, -0.2) is 9.07 Å². The Kier molecular flexibility index (Phi) is 7.37. The summed E-state index contributed by atoms with van der Waals surface area (Å²) in [5.74, 6) is 1.35. The Morgan fingerprint density at radius 2 is 1.64 bits per heavy atom. The molecule has 0 N–H and O–H groups in total. The standard InChI is InChI=1S/C27H28FN3O2/c1-21-23(19-31(29-21)25-10-6-9-24(28)17-25)18-30(2)15-16-32-26-11-13-27(14-12-26)33-20-22-7-4-3-5-8-22/h3-14,17,19H,15-16,18,20H2,1-2H3. The van der Waals surface area contributed by atoms with Crippen molar-refractivity contribution in [3.05, 3.63) is 108 Å². The van der Waals surface area contributed by atoms with Crippen LogP contribution in [0.2, 0.25) is 0 Å². The van der Waals surface area contributed by atoms with Gasteiger partial charge in [-0.2, -0.15) is 5.10 Å². The zero-order chi connectivity index (χ0) is 23.0. The molecular formula is C27H28FN3O2. The van der Waals surface area contributed by atoms with Crippen LogP contribution < -0.4 is 9.47 Å². The maximum Gasteiger partial charge on any atom is 0.125 e. The minimum Gasteiger partial charge on any atom is -0.492 e. The van der Waals surface area contributed by atoms with Crippen molar-refractivity contribution in [1.82, 2.24) is 14.7 Å². The number of likely N-dealkylation sites (N-methyl/N-ethyl adjacent to an activating group) is 1. The molecule has 1 aromatic heterocycles. The average molecular weight is 446 g/mol. The fourth-order valence-electron chi connectivity index (χ4n) is 3.46. The van der Waals surface area contributed by atoms with Gasteiger partial charge in [-0.15, -0.1) is 0 Å². The van der Waals surface area contributed by atoms with E-state index in [0.717, 1.165) is 41.4 Å². The SMILES string of the molecule is Cc1nn(-c2cccc(F)c2)cc1CN(C)CCOc1ccc(OCc2ccccc2)cc1. The highest BCUT2D eigenvalue weighted by molar-refractivity contribution is 5.33. The third-order valence-electron chi connectivity index (χ3n) is 5.33. The second-order valence-electron chi connectivity index (χ2n) is 8.00. The second-order valence-corrected chi connectivity index (χ2v) is 8.00. The molecule has 6 heteroatoms. The van der Waals surface area contributed by atoms with Crippen molar-refractivity contribution in [2.45, 2.75) is 20.1 Å². The molecule has 4 aromatic rings. The summed E-state index contributed by atoms with van der Waals surface area (Å²) in [7, 11) is 2.04. The molecule has 5 nitrogen and oxygen atoms in total. The van der Waals surface area contributed by atoms with Crippen LogP contribution in [-0.4, -0.2) is 34.9 Å². The number of rotatable bonds is 10. The second kappa shape index (κ2) is 10.8. The molecule has 0 unspecified atom stereocenters. The maximum atomic E-state index is 13.5. The number of aryl methyl sites for hydroxylation is 1. The lowest BCUT2D eigenvalue weighted by Crippen LogP contribution is -2.24. The van der Waals surface area contributed by atoms with Crippen molar-refractivity contribution in [1.29, 1.82) is 0 Å². The molecule has 0 bridgehead atoms. The number of benzene rings is 3. The smallest absolute Gasteiger partial charge is 0.125 e. The van der Waals surface area contributed by atoms with Crippen LogP contribution in [0.1, 0.15) is 16.8 Å². The number of hydrogen-bond donors (Lipinski definition) is 0. The van der Waals surface area contributed by atoms with E-state index >= 15 is 0 Å². The van der Waals surface area contributed by atoms with Crippen LogP contribution in [0.25, 0.3) is 5.69 Å². The molecule has 33 heavy (non-hydrogen) atoms. The van der Waals surface area contributed by atoms with Gasteiger partial charge >= 0.3 is 0 Å². The molecule has 1 heterocycles. The first kappa shape index (κ1) is 22.6. The van der Waals surface area contributed by atoms with Gasteiger partial charge in [0, 0.05) is 24.8 Å². The molecule has 0 saturated heterocycles. The highest BCUT2D eigenvalue weighted by atomic mass is 19.1. The number of aromatic nitrogens is 2. The summed E-state index contributed by atoms with van der Waals surface area (Å²) in [5.41, 5.74) is 3.88. The van der Waals surface area contributed by atoms with Crippen molar-refractivity contribution in [2.75, 3.05) is 20.2 Å². The summed E-state index contributed by atoms with van der Waals surface area (Å²) >= 11 is 0. The van der Waals surface area contributed by atoms with E-state index in [1.807, 2.05) is 80.8 Å². The Balaban J connectivity index is 1.23. The van der Waals surface area contributed by atoms with Gasteiger partial charge in [0.2, 0.25) is 0 Å². The van der Waals surface area contributed by atoms with Crippen LogP contribution in [0.5, 0.6) is 11.5 Å². The van der Waals surface area contributed by atoms with Gasteiger partial charge in [-0.05, 0) is 62.0 Å². The first-order valence-corrected chi connectivity index (χ1v) is 11.0. The Morgan fingerprint density at radius 3 is 2.36 bits per heavy atom. The highest BCUT2D eigenvalue weighted by Crippen LogP contribution is 2.19. The number of ether oxygens (including phenoxy) is 2. The molecule has 0 aliphatic heterocycles. The van der Waals surface area contributed by atoms with Crippen LogP contribution >= 0.6 is 0 Å². The third-order valence-corrected chi connectivity index (χ3v) is 5.33. The van der Waals surface area contributed by atoms with E-state index in [1.165, 1.54) is 12.1 Å². The molecule has 0 spiro atoms. The van der Waals surface area contributed by atoms with Gasteiger partial charge in [0.05, 0.1) is 11.4 Å². The molecule has 0 aliphatic carbocycles. The van der Waals surface area contributed by atoms with Crippen LogP contribution in [-0.2, 0) is 13.2 Å². The van der Waals surface area contributed by atoms with Gasteiger partial charge in [-0.1, -0.05) is 36.4 Å². The molecule has 0 atom stereocenters. The van der Waals surface area contributed by atoms with Gasteiger partial charge in [0.25, 0.3) is 0 Å². The molecule has 0 amide bonds. The van der Waals surface area contributed by atoms with Crippen molar-refractivity contribution in [3.63, 3.8) is 0 Å². The number of nitrogens with zero attached hydrogens (tertiary/aromatic N) is 3. The van der Waals surface area contributed by atoms with Crippen LogP contribution in [0.3, 0.4) is 0 Å². The molecule has 0 radical (unpaired) electrons. The summed E-state index contributed by atoms with van der Waals surface area (Å²) in [4.78, 5) is 2.18. The van der Waals surface area contributed by atoms with Crippen LogP contribution in [0.4, 0.5) is 4.39 Å². The van der Waals surface area contributed by atoms with Gasteiger partial charge in [-0.3, -0.25) is 4.90 Å². The van der Waals surface area contributed by atoms with Gasteiger partial charge in [0.15, 0.2) is 0 Å². The lowest BCUT2D eigenvalue weighted by molar-refractivity contribution is 0.232. The number of hydrogen-bond acceptors (Lipinski definition) is 4. The fraction of sp³-hybridized carbons (Fsp3) is 0.222. The van der Waals surface area contributed by atoms with E-state index in [0.29, 0.717) is 18.9 Å². The zero-order valence-electron chi connectivity index (χ0n) is 18.9. The van der Waals surface area contributed by atoms with E-state index in [2.05, 4.69) is 10.00 Å². The van der Waals surface area contributed by atoms with Crippen molar-refractivity contribution < 1.29 is 13.9 Å². The van der Waals surface area contributed by atoms with E-state index in [4.69, 9.17) is 9.47 Å². The monoisotopic (exact) mass is 445 g/mol. The van der Waals surface area contributed by atoms with E-state index in [1.54, 1.807) is 10.7 Å². The highest BCUT2D eigenvalue weighted by Gasteiger charge is 2.10. The third kappa shape index (κ3) is 6.43. The molecule has 170 valence electrons. The van der Waals surface area contributed by atoms with Crippen molar-refractivity contribution in [3.8, 4) is 17.2 Å². The molecule has 0 saturated carbocycles. The van der Waals surface area contributed by atoms with Crippen molar-refractivity contribution in [2.24, 2.45) is 0 Å². The van der Waals surface area contributed by atoms with Gasteiger partial charge < -0.3 is 9.47 Å². The van der Waals surface area contributed by atoms with Crippen LogP contribution in [0, 0.1) is 12.7 Å². The quantitative estimate of drug-likeness (QED) is 0.327. The molecule has 4 rings (SSSR count). The van der Waals surface area contributed by atoms with E-state index in [-0.39, 0.29) is 5.82 Å². The Labute approximate surface area is 194 Å². The maximum absolute atomic E-state index is 13.5. The number of halogens is 1. The average Bonchev–Trinajstić information content (AvgIpc) is 3.19. The first-order valence-electron chi connectivity index (χ1n) is 11.0. The Morgan fingerprint density at radius 1 is 0.909 bits per heavy atom. The van der Waals surface area contributed by atoms with Crippen LogP contribution in [0.15, 0.2) is 85.1 Å². The molecular weight excluding hydrogens is 417 g/mol. The van der Waals surface area contributed by atoms with E-state index in [9.17, 15) is 4.39 Å². The fourth-order valence-corrected chi connectivity index (χ4v) is 3.46. The molecule has 0 fully saturated rings. The first-order chi connectivity index (χ1) is 16.1. The minimum absolute atomic E-state index is 0.271. The summed E-state index contributed by atoms with van der Waals surface area (Å²) in [6.07, 6.45) is 1.95.